The Hall–Kier alpha value is -3.38. The van der Waals surface area contributed by atoms with Gasteiger partial charge in [-0.05, 0) is 37.1 Å². The summed E-state index contributed by atoms with van der Waals surface area (Å²) in [6.07, 6.45) is 2.61. The largest absolute Gasteiger partial charge is 0.459 e. The van der Waals surface area contributed by atoms with E-state index in [0.29, 0.717) is 51.1 Å². The van der Waals surface area contributed by atoms with Gasteiger partial charge in [0, 0.05) is 52.4 Å². The van der Waals surface area contributed by atoms with E-state index < -0.39 is 21.7 Å². The fourth-order valence-electron chi connectivity index (χ4n) is 4.73. The molecule has 0 aliphatic carbocycles. The van der Waals surface area contributed by atoms with Crippen molar-refractivity contribution in [1.29, 1.82) is 0 Å². The van der Waals surface area contributed by atoms with Gasteiger partial charge in [-0.15, -0.1) is 0 Å². The minimum absolute atomic E-state index is 0.0255. The zero-order valence-corrected chi connectivity index (χ0v) is 20.1. The number of oxazole rings is 1. The van der Waals surface area contributed by atoms with Crippen molar-refractivity contribution in [3.8, 4) is 0 Å². The summed E-state index contributed by atoms with van der Waals surface area (Å²) in [5.41, 5.74) is 0.704. The number of fused-ring (bicyclic) bond motifs is 1. The van der Waals surface area contributed by atoms with Crippen molar-refractivity contribution in [3.63, 3.8) is 0 Å². The second-order valence-electron chi connectivity index (χ2n) is 8.85. The SMILES string of the molecule is Cn1c(=O)oc2cc(S(=O)(=O)N3CCCC(C(=O)N4CCN(C(=O)c5ccco5)CC4)C3)ccc21. The summed E-state index contributed by atoms with van der Waals surface area (Å²) >= 11 is 0. The van der Waals surface area contributed by atoms with E-state index in [1.165, 1.54) is 27.3 Å². The summed E-state index contributed by atoms with van der Waals surface area (Å²) in [5.74, 6) is -1.05. The van der Waals surface area contributed by atoms with Gasteiger partial charge in [-0.3, -0.25) is 14.2 Å². The molecule has 0 spiro atoms. The number of piperazine rings is 1. The zero-order chi connectivity index (χ0) is 24.7. The lowest BCUT2D eigenvalue weighted by Gasteiger charge is -2.38. The first-order chi connectivity index (χ1) is 16.8. The molecule has 11 nitrogen and oxygen atoms in total. The van der Waals surface area contributed by atoms with Gasteiger partial charge >= 0.3 is 5.76 Å². The molecule has 1 unspecified atom stereocenters. The molecule has 35 heavy (non-hydrogen) atoms. The van der Waals surface area contributed by atoms with Crippen molar-refractivity contribution in [2.75, 3.05) is 39.3 Å². The molecule has 5 rings (SSSR count). The quantitative estimate of drug-likeness (QED) is 0.523. The highest BCUT2D eigenvalue weighted by Gasteiger charge is 2.36. The number of amides is 2. The van der Waals surface area contributed by atoms with Gasteiger partial charge in [0.05, 0.1) is 22.6 Å². The van der Waals surface area contributed by atoms with Crippen molar-refractivity contribution in [2.24, 2.45) is 13.0 Å². The van der Waals surface area contributed by atoms with Gasteiger partial charge in [0.2, 0.25) is 15.9 Å². The average molecular weight is 503 g/mol. The van der Waals surface area contributed by atoms with Crippen LogP contribution in [0.5, 0.6) is 0 Å². The van der Waals surface area contributed by atoms with Crippen LogP contribution in [0, 0.1) is 5.92 Å². The van der Waals surface area contributed by atoms with E-state index in [9.17, 15) is 22.8 Å². The van der Waals surface area contributed by atoms with Crippen LogP contribution in [-0.2, 0) is 21.9 Å². The van der Waals surface area contributed by atoms with Gasteiger partial charge in [0.15, 0.2) is 11.3 Å². The van der Waals surface area contributed by atoms with Crippen LogP contribution in [0.15, 0.2) is 55.1 Å². The molecular formula is C23H26N4O7S. The normalized spacial score (nSPS) is 19.9. The highest BCUT2D eigenvalue weighted by Crippen LogP contribution is 2.27. The lowest BCUT2D eigenvalue weighted by molar-refractivity contribution is -0.138. The molecule has 4 heterocycles. The number of hydrogen-bond donors (Lipinski definition) is 0. The number of benzene rings is 1. The number of nitrogens with zero attached hydrogens (tertiary/aromatic N) is 4. The Morgan fingerprint density at radius 1 is 1.03 bits per heavy atom. The summed E-state index contributed by atoms with van der Waals surface area (Å²) in [7, 11) is -2.32. The predicted molar refractivity (Wildman–Crippen MR) is 124 cm³/mol. The minimum atomic E-state index is -3.87. The summed E-state index contributed by atoms with van der Waals surface area (Å²) in [6.45, 7) is 1.96. The van der Waals surface area contributed by atoms with E-state index in [1.807, 2.05) is 0 Å². The first-order valence-corrected chi connectivity index (χ1v) is 12.9. The van der Waals surface area contributed by atoms with Crippen LogP contribution < -0.4 is 5.76 Å². The van der Waals surface area contributed by atoms with E-state index >= 15 is 0 Å². The minimum Gasteiger partial charge on any atom is -0.459 e. The molecule has 2 aliphatic rings. The average Bonchev–Trinajstić information content (AvgIpc) is 3.51. The molecule has 1 atom stereocenters. The third-order valence-electron chi connectivity index (χ3n) is 6.75. The Morgan fingerprint density at radius 2 is 1.77 bits per heavy atom. The molecular weight excluding hydrogens is 476 g/mol. The van der Waals surface area contributed by atoms with Crippen molar-refractivity contribution < 1.29 is 26.8 Å². The summed E-state index contributed by atoms with van der Waals surface area (Å²) < 4.78 is 39.6. The molecule has 1 aromatic carbocycles. The maximum atomic E-state index is 13.3. The van der Waals surface area contributed by atoms with Crippen molar-refractivity contribution in [3.05, 3.63) is 52.9 Å². The van der Waals surface area contributed by atoms with Crippen LogP contribution in [0.1, 0.15) is 23.4 Å². The van der Waals surface area contributed by atoms with E-state index in [0.717, 1.165) is 0 Å². The molecule has 2 aromatic heterocycles. The summed E-state index contributed by atoms with van der Waals surface area (Å²) in [5, 5.41) is 0. The number of rotatable bonds is 4. The molecule has 0 saturated carbocycles. The van der Waals surface area contributed by atoms with E-state index in [4.69, 9.17) is 8.83 Å². The highest BCUT2D eigenvalue weighted by molar-refractivity contribution is 7.89. The van der Waals surface area contributed by atoms with Crippen LogP contribution >= 0.6 is 0 Å². The molecule has 2 aliphatic heterocycles. The summed E-state index contributed by atoms with van der Waals surface area (Å²) in [6, 6.07) is 7.62. The van der Waals surface area contributed by atoms with Crippen molar-refractivity contribution in [1.82, 2.24) is 18.7 Å². The van der Waals surface area contributed by atoms with E-state index in [1.54, 1.807) is 35.0 Å². The Kier molecular flexibility index (Phi) is 6.01. The van der Waals surface area contributed by atoms with Crippen LogP contribution in [-0.4, -0.2) is 78.2 Å². The lowest BCUT2D eigenvalue weighted by Crippen LogP contribution is -2.54. The predicted octanol–water partition coefficient (Wildman–Crippen LogP) is 1.11. The number of piperidine rings is 1. The number of sulfonamides is 1. The van der Waals surface area contributed by atoms with Crippen LogP contribution in [0.25, 0.3) is 11.1 Å². The van der Waals surface area contributed by atoms with Gasteiger partial charge in [-0.25, -0.2) is 13.2 Å². The number of carbonyl (C=O) groups excluding carboxylic acids is 2. The zero-order valence-electron chi connectivity index (χ0n) is 19.3. The number of carbonyl (C=O) groups is 2. The second kappa shape index (κ2) is 9.00. The Labute approximate surface area is 201 Å². The van der Waals surface area contributed by atoms with Gasteiger partial charge < -0.3 is 18.6 Å². The maximum absolute atomic E-state index is 13.3. The third kappa shape index (κ3) is 4.27. The first kappa shape index (κ1) is 23.4. The maximum Gasteiger partial charge on any atom is 0.419 e. The fraction of sp³-hybridized carbons (Fsp3) is 0.435. The standard InChI is InChI=1S/C23H26N4O7S/c1-24-18-7-6-17(14-20(18)34-23(24)30)35(31,32)27-8-2-4-16(15-27)21(28)25-9-11-26(12-10-25)22(29)19-5-3-13-33-19/h3,5-7,13-14,16H,2,4,8-12,15H2,1H3. The fourth-order valence-corrected chi connectivity index (χ4v) is 6.27. The number of aromatic nitrogens is 1. The number of aryl methyl sites for hydroxylation is 1. The van der Waals surface area contributed by atoms with Crippen LogP contribution in [0.3, 0.4) is 0 Å². The van der Waals surface area contributed by atoms with Crippen molar-refractivity contribution in [2.45, 2.75) is 17.7 Å². The van der Waals surface area contributed by atoms with Crippen LogP contribution in [0.2, 0.25) is 0 Å². The smallest absolute Gasteiger partial charge is 0.419 e. The summed E-state index contributed by atoms with van der Waals surface area (Å²) in [4.78, 5) is 40.8. The van der Waals surface area contributed by atoms with Crippen molar-refractivity contribution >= 4 is 32.9 Å². The molecule has 0 radical (unpaired) electrons. The molecule has 0 N–H and O–H groups in total. The Balaban J connectivity index is 1.25. The van der Waals surface area contributed by atoms with Crippen LogP contribution in [0.4, 0.5) is 0 Å². The third-order valence-corrected chi connectivity index (χ3v) is 8.61. The van der Waals surface area contributed by atoms with E-state index in [2.05, 4.69) is 0 Å². The first-order valence-electron chi connectivity index (χ1n) is 11.5. The van der Waals surface area contributed by atoms with E-state index in [-0.39, 0.29) is 34.6 Å². The molecule has 2 fully saturated rings. The Morgan fingerprint density at radius 3 is 2.49 bits per heavy atom. The molecule has 0 bridgehead atoms. The molecule has 3 aromatic rings. The Bertz CT molecular complexity index is 1420. The molecule has 186 valence electrons. The number of furan rings is 1. The molecule has 2 amide bonds. The highest BCUT2D eigenvalue weighted by atomic mass is 32.2. The monoisotopic (exact) mass is 502 g/mol. The van der Waals surface area contributed by atoms with Gasteiger partial charge in [-0.1, -0.05) is 0 Å². The van der Waals surface area contributed by atoms with Gasteiger partial charge in [0.1, 0.15) is 0 Å². The number of hydrogen-bond acceptors (Lipinski definition) is 7. The lowest BCUT2D eigenvalue weighted by atomic mass is 9.97. The molecule has 12 heteroatoms. The second-order valence-corrected chi connectivity index (χ2v) is 10.8. The van der Waals surface area contributed by atoms with Gasteiger partial charge in [-0.2, -0.15) is 4.31 Å². The molecule has 2 saturated heterocycles. The van der Waals surface area contributed by atoms with Gasteiger partial charge in [0.25, 0.3) is 5.91 Å². The topological polar surface area (TPSA) is 126 Å².